The first kappa shape index (κ1) is 16.1. The van der Waals surface area contributed by atoms with Crippen molar-refractivity contribution in [2.24, 2.45) is 5.92 Å². The Kier molecular flexibility index (Phi) is 6.40. The number of unbranched alkanes of at least 4 members (excludes halogenated alkanes) is 3. The maximum Gasteiger partial charge on any atom is 0.334 e. The van der Waals surface area contributed by atoms with Gasteiger partial charge in [0.05, 0.1) is 12.7 Å². The number of carbonyl (C=O) groups excluding carboxylic acids is 1. The SMILES string of the molecule is CCCCCCC1CCO/C1=C/C(=O)OC(C)(C)C. The smallest absolute Gasteiger partial charge is 0.334 e. The molecule has 1 saturated heterocycles. The molecule has 1 atom stereocenters. The molecule has 0 radical (unpaired) electrons. The quantitative estimate of drug-likeness (QED) is 0.411. The zero-order chi connectivity index (χ0) is 14.3. The topological polar surface area (TPSA) is 35.5 Å². The lowest BCUT2D eigenvalue weighted by atomic mass is 9.97. The first-order chi connectivity index (χ1) is 8.92. The average molecular weight is 268 g/mol. The van der Waals surface area contributed by atoms with Gasteiger partial charge in [0.1, 0.15) is 11.4 Å². The van der Waals surface area contributed by atoms with Crippen LogP contribution in [-0.2, 0) is 14.3 Å². The van der Waals surface area contributed by atoms with E-state index in [1.807, 2.05) is 20.8 Å². The van der Waals surface area contributed by atoms with Gasteiger partial charge in [0.2, 0.25) is 0 Å². The first-order valence-electron chi connectivity index (χ1n) is 7.49. The molecule has 110 valence electrons. The maximum absolute atomic E-state index is 11.8. The van der Waals surface area contributed by atoms with Crippen LogP contribution in [0.25, 0.3) is 0 Å². The predicted molar refractivity (Wildman–Crippen MR) is 76.7 cm³/mol. The van der Waals surface area contributed by atoms with E-state index in [0.29, 0.717) is 5.92 Å². The summed E-state index contributed by atoms with van der Waals surface area (Å²) >= 11 is 0. The predicted octanol–water partition coefficient (Wildman–Crippen LogP) is 4.22. The Morgan fingerprint density at radius 1 is 1.37 bits per heavy atom. The van der Waals surface area contributed by atoms with Gasteiger partial charge in [-0.2, -0.15) is 0 Å². The van der Waals surface area contributed by atoms with Crippen LogP contribution < -0.4 is 0 Å². The summed E-state index contributed by atoms with van der Waals surface area (Å²) in [6.07, 6.45) is 8.72. The molecule has 1 heterocycles. The summed E-state index contributed by atoms with van der Waals surface area (Å²) in [5.74, 6) is 0.943. The lowest BCUT2D eigenvalue weighted by Gasteiger charge is -2.18. The number of hydrogen-bond donors (Lipinski definition) is 0. The summed E-state index contributed by atoms with van der Waals surface area (Å²) in [5, 5.41) is 0. The molecular weight excluding hydrogens is 240 g/mol. The van der Waals surface area contributed by atoms with E-state index in [9.17, 15) is 4.79 Å². The van der Waals surface area contributed by atoms with E-state index < -0.39 is 5.60 Å². The van der Waals surface area contributed by atoms with Crippen LogP contribution in [0, 0.1) is 5.92 Å². The summed E-state index contributed by atoms with van der Waals surface area (Å²) < 4.78 is 10.9. The summed E-state index contributed by atoms with van der Waals surface area (Å²) in [6, 6.07) is 0. The van der Waals surface area contributed by atoms with Crippen LogP contribution in [0.4, 0.5) is 0 Å². The normalized spacial score (nSPS) is 21.5. The van der Waals surface area contributed by atoms with Gasteiger partial charge in [-0.25, -0.2) is 4.79 Å². The fourth-order valence-electron chi connectivity index (χ4n) is 2.29. The first-order valence-corrected chi connectivity index (χ1v) is 7.49. The van der Waals surface area contributed by atoms with E-state index in [-0.39, 0.29) is 5.97 Å². The number of rotatable bonds is 6. The van der Waals surface area contributed by atoms with E-state index in [1.165, 1.54) is 25.7 Å². The second kappa shape index (κ2) is 7.56. The molecule has 0 amide bonds. The molecule has 3 heteroatoms. The van der Waals surface area contributed by atoms with Gasteiger partial charge in [-0.15, -0.1) is 0 Å². The molecule has 0 spiro atoms. The van der Waals surface area contributed by atoms with Gasteiger partial charge in [-0.1, -0.05) is 32.6 Å². The van der Waals surface area contributed by atoms with Gasteiger partial charge >= 0.3 is 5.97 Å². The summed E-state index contributed by atoms with van der Waals surface area (Å²) in [4.78, 5) is 11.8. The molecule has 0 aromatic rings. The highest BCUT2D eigenvalue weighted by atomic mass is 16.6. The van der Waals surface area contributed by atoms with Crippen molar-refractivity contribution < 1.29 is 14.3 Å². The van der Waals surface area contributed by atoms with Crippen molar-refractivity contribution >= 4 is 5.97 Å². The Balaban J connectivity index is 2.44. The van der Waals surface area contributed by atoms with Gasteiger partial charge in [0, 0.05) is 5.92 Å². The minimum atomic E-state index is -0.441. The van der Waals surface area contributed by atoms with Crippen LogP contribution in [0.15, 0.2) is 11.8 Å². The second-order valence-corrected chi connectivity index (χ2v) is 6.26. The van der Waals surface area contributed by atoms with Gasteiger partial charge in [-0.05, 0) is 33.6 Å². The van der Waals surface area contributed by atoms with E-state index in [1.54, 1.807) is 6.08 Å². The third kappa shape index (κ3) is 6.65. The molecular formula is C16H28O3. The third-order valence-electron chi connectivity index (χ3n) is 3.21. The van der Waals surface area contributed by atoms with Crippen LogP contribution in [0.3, 0.4) is 0 Å². The number of carbonyl (C=O) groups is 1. The molecule has 0 saturated carbocycles. The van der Waals surface area contributed by atoms with Crippen LogP contribution >= 0.6 is 0 Å². The Morgan fingerprint density at radius 2 is 2.11 bits per heavy atom. The standard InChI is InChI=1S/C16H28O3/c1-5-6-7-8-9-13-10-11-18-14(13)12-15(17)19-16(2,3)4/h12-13H,5-11H2,1-4H3/b14-12+. The highest BCUT2D eigenvalue weighted by Crippen LogP contribution is 2.29. The van der Waals surface area contributed by atoms with Gasteiger partial charge in [0.25, 0.3) is 0 Å². The molecule has 3 nitrogen and oxygen atoms in total. The molecule has 1 aliphatic rings. The van der Waals surface area contributed by atoms with Gasteiger partial charge in [-0.3, -0.25) is 0 Å². The summed E-state index contributed by atoms with van der Waals surface area (Å²) in [6.45, 7) is 8.57. The van der Waals surface area contributed by atoms with Crippen molar-refractivity contribution in [1.82, 2.24) is 0 Å². The highest BCUT2D eigenvalue weighted by Gasteiger charge is 2.24. The molecule has 0 bridgehead atoms. The molecule has 1 fully saturated rings. The van der Waals surface area contributed by atoms with Crippen molar-refractivity contribution in [3.63, 3.8) is 0 Å². The minimum absolute atomic E-state index is 0.289. The van der Waals surface area contributed by atoms with E-state index >= 15 is 0 Å². The second-order valence-electron chi connectivity index (χ2n) is 6.26. The Hall–Kier alpha value is -0.990. The Bertz CT molecular complexity index is 312. The molecule has 0 aliphatic carbocycles. The van der Waals surface area contributed by atoms with Gasteiger partial charge < -0.3 is 9.47 Å². The number of esters is 1. The molecule has 19 heavy (non-hydrogen) atoms. The molecule has 0 N–H and O–H groups in total. The third-order valence-corrected chi connectivity index (χ3v) is 3.21. The largest absolute Gasteiger partial charge is 0.497 e. The zero-order valence-electron chi connectivity index (χ0n) is 12.8. The van der Waals surface area contributed by atoms with E-state index in [2.05, 4.69) is 6.92 Å². The van der Waals surface area contributed by atoms with Gasteiger partial charge in [0.15, 0.2) is 0 Å². The van der Waals surface area contributed by atoms with Crippen molar-refractivity contribution in [1.29, 1.82) is 0 Å². The Morgan fingerprint density at radius 3 is 2.74 bits per heavy atom. The molecule has 0 aromatic carbocycles. The van der Waals surface area contributed by atoms with Crippen molar-refractivity contribution in [2.75, 3.05) is 6.61 Å². The fraction of sp³-hybridized carbons (Fsp3) is 0.812. The van der Waals surface area contributed by atoms with E-state index in [0.717, 1.165) is 25.2 Å². The number of hydrogen-bond acceptors (Lipinski definition) is 3. The van der Waals surface area contributed by atoms with Crippen molar-refractivity contribution in [3.8, 4) is 0 Å². The molecule has 0 aromatic heterocycles. The Labute approximate surface area is 117 Å². The minimum Gasteiger partial charge on any atom is -0.497 e. The highest BCUT2D eigenvalue weighted by molar-refractivity contribution is 5.82. The zero-order valence-corrected chi connectivity index (χ0v) is 12.8. The van der Waals surface area contributed by atoms with Crippen LogP contribution in [-0.4, -0.2) is 18.2 Å². The van der Waals surface area contributed by atoms with Crippen molar-refractivity contribution in [3.05, 3.63) is 11.8 Å². The maximum atomic E-state index is 11.8. The summed E-state index contributed by atoms with van der Waals surface area (Å²) in [7, 11) is 0. The van der Waals surface area contributed by atoms with Crippen LogP contribution in [0.1, 0.15) is 66.2 Å². The molecule has 1 aliphatic heterocycles. The monoisotopic (exact) mass is 268 g/mol. The lowest BCUT2D eigenvalue weighted by Crippen LogP contribution is -2.23. The summed E-state index contributed by atoms with van der Waals surface area (Å²) in [5.41, 5.74) is -0.441. The van der Waals surface area contributed by atoms with Crippen LogP contribution in [0.5, 0.6) is 0 Å². The lowest BCUT2D eigenvalue weighted by molar-refractivity contribution is -0.148. The van der Waals surface area contributed by atoms with Crippen LogP contribution in [0.2, 0.25) is 0 Å². The average Bonchev–Trinajstić information content (AvgIpc) is 2.69. The number of ether oxygens (including phenoxy) is 2. The molecule has 1 unspecified atom stereocenters. The van der Waals surface area contributed by atoms with E-state index in [4.69, 9.17) is 9.47 Å². The molecule has 1 rings (SSSR count). The number of allylic oxidation sites excluding steroid dienone is 1. The van der Waals surface area contributed by atoms with Crippen molar-refractivity contribution in [2.45, 2.75) is 71.8 Å². The fourth-order valence-corrected chi connectivity index (χ4v) is 2.29.